The molecular formula is C13H22N6. The van der Waals surface area contributed by atoms with Crippen molar-refractivity contribution in [3.8, 4) is 0 Å². The van der Waals surface area contributed by atoms with E-state index < -0.39 is 0 Å². The molecule has 0 radical (unpaired) electrons. The number of anilines is 1. The van der Waals surface area contributed by atoms with Crippen molar-refractivity contribution in [2.75, 3.05) is 18.9 Å². The van der Waals surface area contributed by atoms with Crippen molar-refractivity contribution in [2.24, 2.45) is 7.05 Å². The molecule has 2 aromatic heterocycles. The summed E-state index contributed by atoms with van der Waals surface area (Å²) >= 11 is 0. The minimum Gasteiger partial charge on any atom is -0.372 e. The molecule has 0 aliphatic heterocycles. The average Bonchev–Trinajstić information content (AvgIpc) is 2.76. The quantitative estimate of drug-likeness (QED) is 0.887. The lowest BCUT2D eigenvalue weighted by Crippen LogP contribution is -2.30. The van der Waals surface area contributed by atoms with Gasteiger partial charge in [-0.15, -0.1) is 0 Å². The Morgan fingerprint density at radius 1 is 1.37 bits per heavy atom. The molecule has 1 N–H and O–H groups in total. The van der Waals surface area contributed by atoms with Crippen LogP contribution in [0, 0.1) is 0 Å². The first-order valence-electron chi connectivity index (χ1n) is 6.67. The van der Waals surface area contributed by atoms with Crippen LogP contribution in [0.4, 0.5) is 5.82 Å². The normalized spacial score (nSPS) is 11.7. The Bertz CT molecular complexity index is 560. The van der Waals surface area contributed by atoms with E-state index in [9.17, 15) is 0 Å². The van der Waals surface area contributed by atoms with E-state index >= 15 is 0 Å². The van der Waals surface area contributed by atoms with Crippen molar-refractivity contribution in [2.45, 2.75) is 33.4 Å². The molecule has 0 aliphatic carbocycles. The summed E-state index contributed by atoms with van der Waals surface area (Å²) < 4.78 is 1.78. The molecule has 0 atom stereocenters. The van der Waals surface area contributed by atoms with E-state index in [1.165, 1.54) is 0 Å². The zero-order valence-corrected chi connectivity index (χ0v) is 12.3. The van der Waals surface area contributed by atoms with Gasteiger partial charge in [-0.1, -0.05) is 6.92 Å². The van der Waals surface area contributed by atoms with Gasteiger partial charge in [0.05, 0.1) is 18.1 Å². The van der Waals surface area contributed by atoms with Gasteiger partial charge in [-0.05, 0) is 20.4 Å². The summed E-state index contributed by atoms with van der Waals surface area (Å²) in [5.41, 5.74) is 0.870. The van der Waals surface area contributed by atoms with Crippen LogP contribution < -0.4 is 5.32 Å². The van der Waals surface area contributed by atoms with Crippen LogP contribution in [0.15, 0.2) is 6.20 Å². The fourth-order valence-electron chi connectivity index (χ4n) is 2.17. The Hall–Kier alpha value is -1.69. The van der Waals surface area contributed by atoms with Crippen LogP contribution in [-0.2, 0) is 13.6 Å². The van der Waals surface area contributed by atoms with Gasteiger partial charge in [-0.25, -0.2) is 9.97 Å². The molecule has 0 bridgehead atoms. The summed E-state index contributed by atoms with van der Waals surface area (Å²) in [6, 6.07) is 0.480. The Balaban J connectivity index is 2.41. The van der Waals surface area contributed by atoms with E-state index in [1.807, 2.05) is 14.1 Å². The van der Waals surface area contributed by atoms with E-state index in [-0.39, 0.29) is 0 Å². The van der Waals surface area contributed by atoms with Gasteiger partial charge in [0, 0.05) is 20.1 Å². The minimum absolute atomic E-state index is 0.480. The number of aromatic nitrogens is 4. The number of hydrogen-bond acceptors (Lipinski definition) is 5. The number of nitrogens with one attached hydrogen (secondary N) is 1. The van der Waals surface area contributed by atoms with Gasteiger partial charge in [0.1, 0.15) is 11.6 Å². The lowest BCUT2D eigenvalue weighted by atomic mass is 10.3. The highest BCUT2D eigenvalue weighted by atomic mass is 15.3. The molecule has 2 aromatic rings. The topological polar surface area (TPSA) is 58.9 Å². The number of hydrogen-bond donors (Lipinski definition) is 1. The summed E-state index contributed by atoms with van der Waals surface area (Å²) in [4.78, 5) is 11.5. The zero-order valence-electron chi connectivity index (χ0n) is 12.3. The highest BCUT2D eigenvalue weighted by Crippen LogP contribution is 2.19. The second kappa shape index (κ2) is 5.52. The van der Waals surface area contributed by atoms with E-state index in [2.05, 4.69) is 46.1 Å². The number of rotatable bonds is 5. The van der Waals surface area contributed by atoms with E-state index in [4.69, 9.17) is 0 Å². The molecule has 0 aliphatic rings. The number of nitrogens with zero attached hydrogens (tertiary/aromatic N) is 5. The smallest absolute Gasteiger partial charge is 0.163 e. The predicted octanol–water partition coefficient (Wildman–Crippen LogP) is 1.64. The first-order valence-corrected chi connectivity index (χ1v) is 6.67. The van der Waals surface area contributed by atoms with Crippen LogP contribution in [-0.4, -0.2) is 44.3 Å². The molecule has 0 saturated heterocycles. The molecule has 0 amide bonds. The Morgan fingerprint density at radius 2 is 2.11 bits per heavy atom. The van der Waals surface area contributed by atoms with E-state index in [1.54, 1.807) is 10.9 Å². The van der Waals surface area contributed by atoms with Crippen molar-refractivity contribution >= 4 is 16.9 Å². The largest absolute Gasteiger partial charge is 0.372 e. The SMILES string of the molecule is CCN(Cc1nc(NC)c2cnn(C)c2n1)C(C)C. The number of aryl methyl sites for hydroxylation is 1. The summed E-state index contributed by atoms with van der Waals surface area (Å²) in [5.74, 6) is 1.67. The van der Waals surface area contributed by atoms with Gasteiger partial charge in [0.2, 0.25) is 0 Å². The fourth-order valence-corrected chi connectivity index (χ4v) is 2.17. The minimum atomic E-state index is 0.480. The fraction of sp³-hybridized carbons (Fsp3) is 0.615. The predicted molar refractivity (Wildman–Crippen MR) is 77.1 cm³/mol. The van der Waals surface area contributed by atoms with Crippen molar-refractivity contribution in [3.63, 3.8) is 0 Å². The molecule has 0 aromatic carbocycles. The maximum atomic E-state index is 4.62. The molecule has 104 valence electrons. The maximum Gasteiger partial charge on any atom is 0.163 e. The summed E-state index contributed by atoms with van der Waals surface area (Å²) in [6.07, 6.45) is 1.80. The summed E-state index contributed by atoms with van der Waals surface area (Å²) in [5, 5.41) is 8.32. The average molecular weight is 262 g/mol. The number of fused-ring (bicyclic) bond motifs is 1. The van der Waals surface area contributed by atoms with Gasteiger partial charge in [0.25, 0.3) is 0 Å². The molecule has 19 heavy (non-hydrogen) atoms. The van der Waals surface area contributed by atoms with Crippen LogP contribution in [0.25, 0.3) is 11.0 Å². The van der Waals surface area contributed by atoms with Gasteiger partial charge in [-0.3, -0.25) is 9.58 Å². The highest BCUT2D eigenvalue weighted by Gasteiger charge is 2.14. The van der Waals surface area contributed by atoms with Gasteiger partial charge < -0.3 is 5.32 Å². The summed E-state index contributed by atoms with van der Waals surface area (Å²) in [6.45, 7) is 8.26. The highest BCUT2D eigenvalue weighted by molar-refractivity contribution is 5.86. The van der Waals surface area contributed by atoms with Crippen molar-refractivity contribution in [3.05, 3.63) is 12.0 Å². The zero-order chi connectivity index (χ0) is 14.0. The Kier molecular flexibility index (Phi) is 3.99. The van der Waals surface area contributed by atoms with E-state index in [0.29, 0.717) is 6.04 Å². The Morgan fingerprint density at radius 3 is 2.68 bits per heavy atom. The van der Waals surface area contributed by atoms with Crippen LogP contribution in [0.2, 0.25) is 0 Å². The molecule has 0 spiro atoms. The maximum absolute atomic E-state index is 4.62. The van der Waals surface area contributed by atoms with Crippen LogP contribution in [0.1, 0.15) is 26.6 Å². The third-order valence-corrected chi connectivity index (χ3v) is 3.36. The van der Waals surface area contributed by atoms with Gasteiger partial charge in [0.15, 0.2) is 5.65 Å². The van der Waals surface area contributed by atoms with Crippen LogP contribution in [0.5, 0.6) is 0 Å². The summed E-state index contributed by atoms with van der Waals surface area (Å²) in [7, 11) is 3.77. The molecule has 0 unspecified atom stereocenters. The van der Waals surface area contributed by atoms with E-state index in [0.717, 1.165) is 35.8 Å². The molecule has 6 nitrogen and oxygen atoms in total. The van der Waals surface area contributed by atoms with Crippen molar-refractivity contribution in [1.29, 1.82) is 0 Å². The monoisotopic (exact) mass is 262 g/mol. The van der Waals surface area contributed by atoms with Crippen LogP contribution in [0.3, 0.4) is 0 Å². The molecular weight excluding hydrogens is 240 g/mol. The van der Waals surface area contributed by atoms with Gasteiger partial charge >= 0.3 is 0 Å². The molecule has 6 heteroatoms. The van der Waals surface area contributed by atoms with Gasteiger partial charge in [-0.2, -0.15) is 5.10 Å². The Labute approximate surface area is 113 Å². The standard InChI is InChI=1S/C13H22N6/c1-6-19(9(2)3)8-11-16-12(14-4)10-7-15-18(5)13(10)17-11/h7,9H,6,8H2,1-5H3,(H,14,16,17). The van der Waals surface area contributed by atoms with Crippen LogP contribution >= 0.6 is 0 Å². The third-order valence-electron chi connectivity index (χ3n) is 3.36. The first kappa shape index (κ1) is 13.7. The second-order valence-electron chi connectivity index (χ2n) is 4.90. The van der Waals surface area contributed by atoms with Crippen molar-refractivity contribution < 1.29 is 0 Å². The second-order valence-corrected chi connectivity index (χ2v) is 4.90. The molecule has 2 heterocycles. The molecule has 0 saturated carbocycles. The third kappa shape index (κ3) is 2.68. The lowest BCUT2D eigenvalue weighted by molar-refractivity contribution is 0.219. The molecule has 0 fully saturated rings. The lowest BCUT2D eigenvalue weighted by Gasteiger charge is -2.23. The van der Waals surface area contributed by atoms with Crippen molar-refractivity contribution in [1.82, 2.24) is 24.6 Å². The molecule has 2 rings (SSSR count). The first-order chi connectivity index (χ1) is 9.06.